The third kappa shape index (κ3) is 2.45. The number of rotatable bonds is 3. The summed E-state index contributed by atoms with van der Waals surface area (Å²) in [5.74, 6) is 0.154. The molecule has 0 radical (unpaired) electrons. The standard InChI is InChI=1S/C17H22FNO/c1-3-13-5-4-10-17(11-13,12-19)16(2,20)14-6-8-15(18)9-7-14/h6-9,13,20H,3-5,10-11H2,1-2H3. The third-order valence-corrected chi connectivity index (χ3v) is 4.98. The van der Waals surface area contributed by atoms with E-state index >= 15 is 0 Å². The number of nitrogens with zero attached hydrogens (tertiary/aromatic N) is 1. The lowest BCUT2D eigenvalue weighted by Crippen LogP contribution is -2.45. The fourth-order valence-electron chi connectivity index (χ4n) is 3.44. The predicted octanol–water partition coefficient (Wildman–Crippen LogP) is 4.14. The van der Waals surface area contributed by atoms with Crippen molar-refractivity contribution in [3.63, 3.8) is 0 Å². The van der Waals surface area contributed by atoms with Crippen LogP contribution in [0.3, 0.4) is 0 Å². The molecule has 1 aliphatic carbocycles. The largest absolute Gasteiger partial charge is 0.384 e. The highest BCUT2D eigenvalue weighted by atomic mass is 19.1. The molecule has 1 aromatic rings. The van der Waals surface area contributed by atoms with Gasteiger partial charge in [-0.1, -0.05) is 38.3 Å². The zero-order chi connectivity index (χ0) is 14.8. The number of aliphatic hydroxyl groups is 1. The highest BCUT2D eigenvalue weighted by Crippen LogP contribution is 2.51. The van der Waals surface area contributed by atoms with Crippen LogP contribution in [0.5, 0.6) is 0 Å². The van der Waals surface area contributed by atoms with Gasteiger partial charge in [-0.05, 0) is 43.4 Å². The molecule has 0 aliphatic heterocycles. The number of benzene rings is 1. The Labute approximate surface area is 120 Å². The Morgan fingerprint density at radius 3 is 2.65 bits per heavy atom. The molecule has 20 heavy (non-hydrogen) atoms. The smallest absolute Gasteiger partial charge is 0.123 e. The molecular weight excluding hydrogens is 253 g/mol. The second kappa shape index (κ2) is 5.54. The summed E-state index contributed by atoms with van der Waals surface area (Å²) in [6.07, 6.45) is 4.53. The van der Waals surface area contributed by atoms with Crippen LogP contribution in [0.15, 0.2) is 24.3 Å². The molecule has 1 N–H and O–H groups in total. The van der Waals surface area contributed by atoms with Crippen LogP contribution < -0.4 is 0 Å². The van der Waals surface area contributed by atoms with Crippen LogP contribution >= 0.6 is 0 Å². The lowest BCUT2D eigenvalue weighted by molar-refractivity contribution is -0.0738. The van der Waals surface area contributed by atoms with Gasteiger partial charge in [-0.3, -0.25) is 0 Å². The Morgan fingerprint density at radius 1 is 1.45 bits per heavy atom. The van der Waals surface area contributed by atoms with Crippen molar-refractivity contribution in [1.29, 1.82) is 5.26 Å². The van der Waals surface area contributed by atoms with Crippen LogP contribution in [0.2, 0.25) is 0 Å². The van der Waals surface area contributed by atoms with E-state index in [2.05, 4.69) is 13.0 Å². The molecule has 1 fully saturated rings. The van der Waals surface area contributed by atoms with E-state index in [4.69, 9.17) is 0 Å². The molecule has 1 aliphatic rings. The first-order chi connectivity index (χ1) is 9.45. The minimum atomic E-state index is -1.25. The second-order valence-electron chi connectivity index (χ2n) is 6.14. The summed E-state index contributed by atoms with van der Waals surface area (Å²) < 4.78 is 13.1. The van der Waals surface area contributed by atoms with E-state index in [-0.39, 0.29) is 5.82 Å². The van der Waals surface area contributed by atoms with E-state index in [1.54, 1.807) is 19.1 Å². The second-order valence-corrected chi connectivity index (χ2v) is 6.14. The van der Waals surface area contributed by atoms with E-state index in [1.807, 2.05) is 0 Å². The van der Waals surface area contributed by atoms with E-state index in [0.29, 0.717) is 24.3 Å². The molecule has 2 nitrogen and oxygen atoms in total. The summed E-state index contributed by atoms with van der Waals surface area (Å²) in [5.41, 5.74) is -1.40. The fourth-order valence-corrected chi connectivity index (χ4v) is 3.44. The van der Waals surface area contributed by atoms with E-state index < -0.39 is 11.0 Å². The number of halogens is 1. The molecule has 108 valence electrons. The van der Waals surface area contributed by atoms with Crippen molar-refractivity contribution in [2.75, 3.05) is 0 Å². The number of hydrogen-bond acceptors (Lipinski definition) is 2. The summed E-state index contributed by atoms with van der Waals surface area (Å²) >= 11 is 0. The van der Waals surface area contributed by atoms with Crippen molar-refractivity contribution in [3.8, 4) is 6.07 Å². The summed E-state index contributed by atoms with van der Waals surface area (Å²) in [6, 6.07) is 8.25. The van der Waals surface area contributed by atoms with Crippen molar-refractivity contribution < 1.29 is 9.50 Å². The Morgan fingerprint density at radius 2 is 2.10 bits per heavy atom. The van der Waals surface area contributed by atoms with Crippen LogP contribution in [-0.4, -0.2) is 5.11 Å². The van der Waals surface area contributed by atoms with Gasteiger partial charge in [0.25, 0.3) is 0 Å². The third-order valence-electron chi connectivity index (χ3n) is 4.98. The van der Waals surface area contributed by atoms with Gasteiger partial charge in [0.15, 0.2) is 0 Å². The average molecular weight is 275 g/mol. The van der Waals surface area contributed by atoms with Gasteiger partial charge in [-0.25, -0.2) is 4.39 Å². The lowest BCUT2D eigenvalue weighted by Gasteiger charge is -2.45. The van der Waals surface area contributed by atoms with Crippen LogP contribution in [-0.2, 0) is 5.60 Å². The first kappa shape index (κ1) is 15.0. The van der Waals surface area contributed by atoms with Gasteiger partial charge in [0, 0.05) is 0 Å². The topological polar surface area (TPSA) is 44.0 Å². The van der Waals surface area contributed by atoms with Crippen molar-refractivity contribution in [2.45, 2.75) is 51.6 Å². The van der Waals surface area contributed by atoms with Crippen molar-refractivity contribution in [1.82, 2.24) is 0 Å². The Bertz CT molecular complexity index is 503. The highest BCUT2D eigenvalue weighted by molar-refractivity contribution is 5.29. The Balaban J connectivity index is 2.38. The molecular formula is C17H22FNO. The van der Waals surface area contributed by atoms with Crippen molar-refractivity contribution >= 4 is 0 Å². The van der Waals surface area contributed by atoms with Crippen molar-refractivity contribution in [3.05, 3.63) is 35.6 Å². The van der Waals surface area contributed by atoms with Gasteiger partial charge in [-0.2, -0.15) is 5.26 Å². The van der Waals surface area contributed by atoms with Crippen molar-refractivity contribution in [2.24, 2.45) is 11.3 Å². The summed E-state index contributed by atoms with van der Waals surface area (Å²) in [4.78, 5) is 0. The molecule has 0 spiro atoms. The molecule has 0 heterocycles. The van der Waals surface area contributed by atoms with E-state index in [0.717, 1.165) is 19.3 Å². The molecule has 3 atom stereocenters. The summed E-state index contributed by atoms with van der Waals surface area (Å²) in [7, 11) is 0. The van der Waals surface area contributed by atoms with Gasteiger partial charge in [0.2, 0.25) is 0 Å². The van der Waals surface area contributed by atoms with Gasteiger partial charge in [0.05, 0.1) is 11.5 Å². The fraction of sp³-hybridized carbons (Fsp3) is 0.588. The lowest BCUT2D eigenvalue weighted by atomic mass is 9.59. The number of hydrogen-bond donors (Lipinski definition) is 1. The van der Waals surface area contributed by atoms with Gasteiger partial charge in [0.1, 0.15) is 11.4 Å². The first-order valence-electron chi connectivity index (χ1n) is 7.35. The first-order valence-corrected chi connectivity index (χ1v) is 7.35. The minimum absolute atomic E-state index is 0.328. The molecule has 3 heteroatoms. The molecule has 0 aromatic heterocycles. The maximum absolute atomic E-state index is 13.1. The van der Waals surface area contributed by atoms with Crippen LogP contribution in [0, 0.1) is 28.5 Å². The van der Waals surface area contributed by atoms with E-state index in [9.17, 15) is 14.8 Å². The molecule has 1 saturated carbocycles. The normalized spacial score (nSPS) is 29.4. The SMILES string of the molecule is CCC1CCCC(C#N)(C(C)(O)c2ccc(F)cc2)C1. The molecule has 3 unspecified atom stereocenters. The molecule has 1 aromatic carbocycles. The average Bonchev–Trinajstić information content (AvgIpc) is 2.47. The van der Waals surface area contributed by atoms with Gasteiger partial charge in [-0.15, -0.1) is 0 Å². The summed E-state index contributed by atoms with van der Waals surface area (Å²) in [6.45, 7) is 3.83. The number of nitriles is 1. The molecule has 2 rings (SSSR count). The summed E-state index contributed by atoms with van der Waals surface area (Å²) in [5, 5.41) is 20.7. The molecule has 0 saturated heterocycles. The maximum atomic E-state index is 13.1. The van der Waals surface area contributed by atoms with Crippen LogP contribution in [0.4, 0.5) is 4.39 Å². The zero-order valence-corrected chi connectivity index (χ0v) is 12.2. The maximum Gasteiger partial charge on any atom is 0.123 e. The molecule has 0 amide bonds. The monoisotopic (exact) mass is 275 g/mol. The quantitative estimate of drug-likeness (QED) is 0.900. The Kier molecular flexibility index (Phi) is 4.15. The van der Waals surface area contributed by atoms with Crippen LogP contribution in [0.25, 0.3) is 0 Å². The zero-order valence-electron chi connectivity index (χ0n) is 12.2. The molecule has 0 bridgehead atoms. The van der Waals surface area contributed by atoms with Gasteiger partial charge >= 0.3 is 0 Å². The highest BCUT2D eigenvalue weighted by Gasteiger charge is 2.50. The minimum Gasteiger partial charge on any atom is -0.384 e. The van der Waals surface area contributed by atoms with E-state index in [1.165, 1.54) is 12.1 Å². The predicted molar refractivity (Wildman–Crippen MR) is 76.3 cm³/mol. The Hall–Kier alpha value is -1.40. The van der Waals surface area contributed by atoms with Crippen LogP contribution in [0.1, 0.15) is 51.5 Å². The van der Waals surface area contributed by atoms with Gasteiger partial charge < -0.3 is 5.11 Å².